The second-order valence-electron chi connectivity index (χ2n) is 8.16. The number of rotatable bonds is 5. The number of nitrogens with one attached hydrogen (secondary N) is 1. The molecule has 164 valence electrons. The molecular weight excluding hydrogens is 425 g/mol. The van der Waals surface area contributed by atoms with Crippen molar-refractivity contribution in [2.24, 2.45) is 11.8 Å². The molecule has 0 spiro atoms. The molecule has 1 aromatic heterocycles. The summed E-state index contributed by atoms with van der Waals surface area (Å²) in [6.45, 7) is 2.43. The highest BCUT2D eigenvalue weighted by Crippen LogP contribution is 2.39. The second kappa shape index (κ2) is 8.95. The first kappa shape index (κ1) is 21.8. The Bertz CT molecular complexity index is 1000. The number of hydrogen-bond acceptors (Lipinski definition) is 2. The average molecular weight is 449 g/mol. The van der Waals surface area contributed by atoms with Crippen LogP contribution in [0.25, 0.3) is 22.6 Å². The molecule has 1 saturated carbocycles. The first-order valence-electron chi connectivity index (χ1n) is 10.4. The Morgan fingerprint density at radius 1 is 0.968 bits per heavy atom. The smallest absolute Gasteiger partial charge is 0.391 e. The number of H-pyrrole nitrogens is 1. The van der Waals surface area contributed by atoms with Gasteiger partial charge >= 0.3 is 6.18 Å². The van der Waals surface area contributed by atoms with Crippen molar-refractivity contribution in [1.29, 1.82) is 0 Å². The highest BCUT2D eigenvalue weighted by atomic mass is 35.5. The van der Waals surface area contributed by atoms with Crippen LogP contribution in [0.5, 0.6) is 5.75 Å². The van der Waals surface area contributed by atoms with Gasteiger partial charge in [0.15, 0.2) is 0 Å². The van der Waals surface area contributed by atoms with E-state index in [9.17, 15) is 13.2 Å². The van der Waals surface area contributed by atoms with Crippen LogP contribution in [-0.2, 0) is 0 Å². The van der Waals surface area contributed by atoms with E-state index >= 15 is 0 Å². The van der Waals surface area contributed by atoms with Crippen LogP contribution in [0.2, 0.25) is 5.02 Å². The molecule has 1 fully saturated rings. The van der Waals surface area contributed by atoms with Gasteiger partial charge in [0.1, 0.15) is 11.6 Å². The molecule has 31 heavy (non-hydrogen) atoms. The maximum Gasteiger partial charge on any atom is 0.391 e. The molecule has 3 aromatic rings. The standard InChI is InChI=1S/C24H24ClF3N2O/c1-15-22(17-4-10-20(25)11-5-17)30-23(29-15)18-6-12-21(13-7-18)31-14-16-2-8-19(9-3-16)24(26,27)28/h4-7,10-13,16,19H,2-3,8-9,14H2,1H3,(H,29,30). The van der Waals surface area contributed by atoms with Crippen LogP contribution in [-0.4, -0.2) is 22.8 Å². The predicted octanol–water partition coefficient (Wildman–Crippen LogP) is 7.45. The van der Waals surface area contributed by atoms with Crippen molar-refractivity contribution >= 4 is 11.6 Å². The molecule has 2 aromatic carbocycles. The molecule has 1 aliphatic carbocycles. The minimum absolute atomic E-state index is 0.174. The van der Waals surface area contributed by atoms with Crippen LogP contribution >= 0.6 is 11.6 Å². The quantitative estimate of drug-likeness (QED) is 0.440. The summed E-state index contributed by atoms with van der Waals surface area (Å²) in [5.74, 6) is 0.493. The second-order valence-corrected chi connectivity index (χ2v) is 8.60. The summed E-state index contributed by atoms with van der Waals surface area (Å²) in [6.07, 6.45) is -2.56. The number of aromatic amines is 1. The van der Waals surface area contributed by atoms with Gasteiger partial charge in [-0.3, -0.25) is 0 Å². The number of alkyl halides is 3. The lowest BCUT2D eigenvalue weighted by Crippen LogP contribution is -2.29. The van der Waals surface area contributed by atoms with Crippen LogP contribution in [0.4, 0.5) is 13.2 Å². The van der Waals surface area contributed by atoms with Gasteiger partial charge in [-0.05, 0) is 74.9 Å². The number of nitrogens with zero attached hydrogens (tertiary/aromatic N) is 1. The van der Waals surface area contributed by atoms with E-state index < -0.39 is 12.1 Å². The van der Waals surface area contributed by atoms with Crippen LogP contribution in [0, 0.1) is 18.8 Å². The topological polar surface area (TPSA) is 37.9 Å². The summed E-state index contributed by atoms with van der Waals surface area (Å²) in [6, 6.07) is 15.2. The van der Waals surface area contributed by atoms with Gasteiger partial charge in [0.2, 0.25) is 0 Å². The van der Waals surface area contributed by atoms with Crippen LogP contribution < -0.4 is 4.74 Å². The van der Waals surface area contributed by atoms with Gasteiger partial charge < -0.3 is 9.72 Å². The minimum atomic E-state index is -4.07. The van der Waals surface area contributed by atoms with Gasteiger partial charge in [0.25, 0.3) is 0 Å². The zero-order valence-electron chi connectivity index (χ0n) is 17.2. The third-order valence-electron chi connectivity index (χ3n) is 5.93. The largest absolute Gasteiger partial charge is 0.493 e. The van der Waals surface area contributed by atoms with E-state index in [-0.39, 0.29) is 18.8 Å². The molecule has 0 atom stereocenters. The molecule has 0 saturated heterocycles. The number of ether oxygens (including phenoxy) is 1. The third kappa shape index (κ3) is 5.24. The summed E-state index contributed by atoms with van der Waals surface area (Å²) in [5, 5.41) is 0.682. The predicted molar refractivity (Wildman–Crippen MR) is 116 cm³/mol. The Kier molecular flexibility index (Phi) is 6.28. The molecule has 1 aliphatic rings. The lowest BCUT2D eigenvalue weighted by Gasteiger charge is -2.29. The Balaban J connectivity index is 1.36. The van der Waals surface area contributed by atoms with Gasteiger partial charge in [-0.2, -0.15) is 13.2 Å². The lowest BCUT2D eigenvalue weighted by atomic mass is 9.82. The molecular formula is C24H24ClF3N2O. The van der Waals surface area contributed by atoms with Crippen molar-refractivity contribution in [2.75, 3.05) is 6.61 Å². The van der Waals surface area contributed by atoms with Gasteiger partial charge in [0, 0.05) is 21.8 Å². The van der Waals surface area contributed by atoms with E-state index in [2.05, 4.69) is 4.98 Å². The lowest BCUT2D eigenvalue weighted by molar-refractivity contribution is -0.184. The number of imidazole rings is 1. The van der Waals surface area contributed by atoms with E-state index in [0.717, 1.165) is 28.3 Å². The Morgan fingerprint density at radius 3 is 2.19 bits per heavy atom. The molecule has 0 amide bonds. The number of halogens is 4. The molecule has 7 heteroatoms. The van der Waals surface area contributed by atoms with Crippen LogP contribution in [0.15, 0.2) is 48.5 Å². The fourth-order valence-corrected chi connectivity index (χ4v) is 4.19. The number of aromatic nitrogens is 2. The molecule has 0 unspecified atom stereocenters. The summed E-state index contributed by atoms with van der Waals surface area (Å²) in [5.41, 5.74) is 3.76. The van der Waals surface area contributed by atoms with E-state index in [1.54, 1.807) is 0 Å². The number of aryl methyl sites for hydroxylation is 1. The molecule has 3 nitrogen and oxygen atoms in total. The average Bonchev–Trinajstić information content (AvgIpc) is 3.14. The summed E-state index contributed by atoms with van der Waals surface area (Å²) in [7, 11) is 0. The van der Waals surface area contributed by atoms with Crippen LogP contribution in [0.3, 0.4) is 0 Å². The van der Waals surface area contributed by atoms with E-state index in [1.807, 2.05) is 55.5 Å². The molecule has 0 radical (unpaired) electrons. The first-order valence-corrected chi connectivity index (χ1v) is 10.8. The molecule has 0 aliphatic heterocycles. The summed E-state index contributed by atoms with van der Waals surface area (Å²) >= 11 is 5.97. The number of benzene rings is 2. The van der Waals surface area contributed by atoms with Crippen molar-refractivity contribution in [1.82, 2.24) is 9.97 Å². The molecule has 1 N–H and O–H groups in total. The van der Waals surface area contributed by atoms with Crippen molar-refractivity contribution < 1.29 is 17.9 Å². The fourth-order valence-electron chi connectivity index (χ4n) is 4.07. The van der Waals surface area contributed by atoms with Gasteiger partial charge in [-0.1, -0.05) is 23.7 Å². The van der Waals surface area contributed by atoms with E-state index in [1.165, 1.54) is 0 Å². The first-order chi connectivity index (χ1) is 14.8. The fraction of sp³-hybridized carbons (Fsp3) is 0.375. The SMILES string of the molecule is Cc1[nH]c(-c2ccc(OCC3CCC(C(F)(F)F)CC3)cc2)nc1-c1ccc(Cl)cc1. The van der Waals surface area contributed by atoms with Crippen molar-refractivity contribution in [3.63, 3.8) is 0 Å². The molecule has 0 bridgehead atoms. The van der Waals surface area contributed by atoms with E-state index in [4.69, 9.17) is 21.3 Å². The molecule has 4 rings (SSSR count). The zero-order chi connectivity index (χ0) is 22.0. The summed E-state index contributed by atoms with van der Waals surface area (Å²) < 4.78 is 44.2. The maximum atomic E-state index is 12.8. The van der Waals surface area contributed by atoms with Gasteiger partial charge in [0.05, 0.1) is 18.2 Å². The van der Waals surface area contributed by atoms with Crippen LogP contribution in [0.1, 0.15) is 31.4 Å². The van der Waals surface area contributed by atoms with Crippen molar-refractivity contribution in [3.05, 3.63) is 59.2 Å². The monoisotopic (exact) mass is 448 g/mol. The number of hydrogen-bond donors (Lipinski definition) is 1. The Hall–Kier alpha value is -2.47. The highest BCUT2D eigenvalue weighted by Gasteiger charge is 2.41. The van der Waals surface area contributed by atoms with E-state index in [0.29, 0.717) is 30.2 Å². The van der Waals surface area contributed by atoms with Gasteiger partial charge in [-0.25, -0.2) is 4.98 Å². The normalized spacial score (nSPS) is 19.4. The summed E-state index contributed by atoms with van der Waals surface area (Å²) in [4.78, 5) is 8.04. The van der Waals surface area contributed by atoms with Crippen molar-refractivity contribution in [2.45, 2.75) is 38.8 Å². The highest BCUT2D eigenvalue weighted by molar-refractivity contribution is 6.30. The maximum absolute atomic E-state index is 12.8. The Morgan fingerprint density at radius 2 is 1.58 bits per heavy atom. The molecule has 1 heterocycles. The van der Waals surface area contributed by atoms with Crippen molar-refractivity contribution in [3.8, 4) is 28.4 Å². The Labute approximate surface area is 184 Å². The minimum Gasteiger partial charge on any atom is -0.493 e. The zero-order valence-corrected chi connectivity index (χ0v) is 17.9. The third-order valence-corrected chi connectivity index (χ3v) is 6.18. The van der Waals surface area contributed by atoms with Gasteiger partial charge in [-0.15, -0.1) is 0 Å².